The molecule has 0 amide bonds. The van der Waals surface area contributed by atoms with Crippen molar-refractivity contribution in [2.75, 3.05) is 5.73 Å². The predicted octanol–water partition coefficient (Wildman–Crippen LogP) is 3.81. The van der Waals surface area contributed by atoms with E-state index in [2.05, 4.69) is 15.2 Å². The van der Waals surface area contributed by atoms with Crippen molar-refractivity contribution >= 4 is 18.1 Å². The Kier molecular flexibility index (Phi) is 5.37. The molecule has 2 aromatic heterocycles. The molecule has 3 rings (SSSR count). The van der Waals surface area contributed by atoms with E-state index < -0.39 is 5.92 Å². The molecule has 0 spiro atoms. The Labute approximate surface area is 150 Å². The van der Waals surface area contributed by atoms with Gasteiger partial charge in [0.2, 0.25) is 0 Å². The minimum atomic E-state index is -3.00. The number of rotatable bonds is 4. The van der Waals surface area contributed by atoms with E-state index in [4.69, 9.17) is 5.73 Å². The van der Waals surface area contributed by atoms with Gasteiger partial charge in [0, 0.05) is 36.1 Å². The van der Waals surface area contributed by atoms with Crippen LogP contribution in [0.1, 0.15) is 24.0 Å². The number of hydrogen-bond donors (Lipinski definition) is 1. The molecule has 0 atom stereocenters. The summed E-state index contributed by atoms with van der Waals surface area (Å²) in [5, 5.41) is 8.08. The van der Waals surface area contributed by atoms with Crippen LogP contribution < -0.4 is 5.73 Å². The first-order valence-corrected chi connectivity index (χ1v) is 7.42. The molecule has 3 aromatic rings. The van der Waals surface area contributed by atoms with Crippen molar-refractivity contribution in [1.29, 1.82) is 0 Å². The molecule has 5 nitrogen and oxygen atoms in total. The zero-order chi connectivity index (χ0) is 17.3. The highest BCUT2D eigenvalue weighted by atomic mass is 35.5. The molecule has 2 N–H and O–H groups in total. The average molecular weight is 366 g/mol. The average Bonchev–Trinajstić information content (AvgIpc) is 2.92. The maximum Gasteiger partial charge on any atom is 0.272 e. The topological polar surface area (TPSA) is 69.6 Å². The lowest BCUT2D eigenvalue weighted by Crippen LogP contribution is -2.10. The van der Waals surface area contributed by atoms with Crippen molar-refractivity contribution in [2.24, 2.45) is 0 Å². The van der Waals surface area contributed by atoms with Crippen molar-refractivity contribution in [3.05, 3.63) is 59.9 Å². The first-order chi connectivity index (χ1) is 11.3. The van der Waals surface area contributed by atoms with E-state index in [0.29, 0.717) is 17.7 Å². The van der Waals surface area contributed by atoms with Crippen LogP contribution in [0.25, 0.3) is 11.1 Å². The lowest BCUT2D eigenvalue weighted by molar-refractivity contribution is 0.0183. The highest BCUT2D eigenvalue weighted by Gasteiger charge is 2.27. The van der Waals surface area contributed by atoms with Crippen LogP contribution in [0, 0.1) is 6.92 Å². The molecule has 0 aliphatic heterocycles. The van der Waals surface area contributed by atoms with Crippen molar-refractivity contribution < 1.29 is 8.78 Å². The summed E-state index contributed by atoms with van der Waals surface area (Å²) in [6.45, 7) is 3.24. The zero-order valence-electron chi connectivity index (χ0n) is 13.8. The SMILES string of the molecule is Cc1nccn1Cc1cc(-c2ccc(N)c(C(C)(F)F)c2)cnn1.Cl. The molecule has 0 aliphatic rings. The van der Waals surface area contributed by atoms with Crippen molar-refractivity contribution in [2.45, 2.75) is 26.3 Å². The maximum atomic E-state index is 13.7. The number of aryl methyl sites for hydroxylation is 1. The summed E-state index contributed by atoms with van der Waals surface area (Å²) in [5.74, 6) is -2.14. The number of benzene rings is 1. The van der Waals surface area contributed by atoms with Gasteiger partial charge >= 0.3 is 0 Å². The predicted molar refractivity (Wildman–Crippen MR) is 94.8 cm³/mol. The Bertz CT molecular complexity index is 873. The van der Waals surface area contributed by atoms with Gasteiger partial charge in [-0.3, -0.25) is 0 Å². The second kappa shape index (κ2) is 7.14. The molecule has 0 radical (unpaired) electrons. The summed E-state index contributed by atoms with van der Waals surface area (Å²) in [6, 6.07) is 6.42. The number of nitrogens with zero attached hydrogens (tertiary/aromatic N) is 4. The fourth-order valence-electron chi connectivity index (χ4n) is 2.51. The van der Waals surface area contributed by atoms with Crippen LogP contribution in [-0.2, 0) is 12.5 Å². The molecule has 0 unspecified atom stereocenters. The number of anilines is 1. The number of hydrogen-bond acceptors (Lipinski definition) is 4. The highest BCUT2D eigenvalue weighted by molar-refractivity contribution is 5.85. The highest BCUT2D eigenvalue weighted by Crippen LogP contribution is 2.34. The maximum absolute atomic E-state index is 13.7. The van der Waals surface area contributed by atoms with Crippen LogP contribution in [0.5, 0.6) is 0 Å². The molecule has 0 bridgehead atoms. The van der Waals surface area contributed by atoms with E-state index in [1.54, 1.807) is 18.5 Å². The molecular formula is C17H18ClF2N5. The molecule has 8 heteroatoms. The van der Waals surface area contributed by atoms with Gasteiger partial charge in [0.25, 0.3) is 5.92 Å². The summed E-state index contributed by atoms with van der Waals surface area (Å²) >= 11 is 0. The van der Waals surface area contributed by atoms with E-state index in [9.17, 15) is 8.78 Å². The second-order valence-electron chi connectivity index (χ2n) is 5.73. The van der Waals surface area contributed by atoms with Crippen LogP contribution >= 0.6 is 12.4 Å². The number of aromatic nitrogens is 4. The normalized spacial score (nSPS) is 11.2. The van der Waals surface area contributed by atoms with E-state index >= 15 is 0 Å². The van der Waals surface area contributed by atoms with Gasteiger partial charge in [-0.25, -0.2) is 13.8 Å². The van der Waals surface area contributed by atoms with Crippen molar-refractivity contribution in [3.8, 4) is 11.1 Å². The summed E-state index contributed by atoms with van der Waals surface area (Å²) < 4.78 is 29.3. The van der Waals surface area contributed by atoms with Gasteiger partial charge in [-0.05, 0) is 30.7 Å². The molecule has 0 aliphatic carbocycles. The van der Waals surface area contributed by atoms with Gasteiger partial charge in [-0.1, -0.05) is 6.07 Å². The van der Waals surface area contributed by atoms with Gasteiger partial charge in [-0.15, -0.1) is 12.4 Å². The largest absolute Gasteiger partial charge is 0.398 e. The summed E-state index contributed by atoms with van der Waals surface area (Å²) in [4.78, 5) is 4.16. The Morgan fingerprint density at radius 3 is 2.60 bits per heavy atom. The first kappa shape index (κ1) is 18.8. The summed E-state index contributed by atoms with van der Waals surface area (Å²) in [6.07, 6.45) is 5.11. The van der Waals surface area contributed by atoms with Gasteiger partial charge in [0.1, 0.15) is 5.82 Å². The van der Waals surface area contributed by atoms with Crippen LogP contribution in [0.4, 0.5) is 14.5 Å². The molecule has 0 fully saturated rings. The van der Waals surface area contributed by atoms with Gasteiger partial charge in [0.05, 0.1) is 18.4 Å². The van der Waals surface area contributed by atoms with Crippen molar-refractivity contribution in [1.82, 2.24) is 19.7 Å². The molecule has 0 saturated carbocycles. The fourth-order valence-corrected chi connectivity index (χ4v) is 2.51. The van der Waals surface area contributed by atoms with E-state index in [1.807, 2.05) is 23.8 Å². The number of alkyl halides is 2. The Morgan fingerprint density at radius 1 is 1.20 bits per heavy atom. The van der Waals surface area contributed by atoms with E-state index in [1.165, 1.54) is 12.1 Å². The zero-order valence-corrected chi connectivity index (χ0v) is 14.6. The Hall–Kier alpha value is -2.54. The Morgan fingerprint density at radius 2 is 1.96 bits per heavy atom. The molecule has 25 heavy (non-hydrogen) atoms. The molecule has 132 valence electrons. The third kappa shape index (κ3) is 4.11. The minimum absolute atomic E-state index is 0. The van der Waals surface area contributed by atoms with Crippen molar-refractivity contribution in [3.63, 3.8) is 0 Å². The standard InChI is InChI=1S/C17H17F2N5.ClH/c1-11-21-5-6-24(11)10-14-7-13(9-22-23-14)12-3-4-16(20)15(8-12)17(2,18)19;/h3-9H,10,20H2,1-2H3;1H. The lowest BCUT2D eigenvalue weighted by atomic mass is 10.00. The number of imidazole rings is 1. The summed E-state index contributed by atoms with van der Waals surface area (Å²) in [7, 11) is 0. The molecular weight excluding hydrogens is 348 g/mol. The fraction of sp³-hybridized carbons (Fsp3) is 0.235. The smallest absolute Gasteiger partial charge is 0.272 e. The molecule has 1 aromatic carbocycles. The molecule has 2 heterocycles. The number of nitrogens with two attached hydrogens (primary N) is 1. The first-order valence-electron chi connectivity index (χ1n) is 7.42. The summed E-state index contributed by atoms with van der Waals surface area (Å²) in [5.41, 5.74) is 7.61. The van der Waals surface area contributed by atoms with Crippen LogP contribution in [0.2, 0.25) is 0 Å². The quantitative estimate of drug-likeness (QED) is 0.714. The lowest BCUT2D eigenvalue weighted by Gasteiger charge is -2.15. The van der Waals surface area contributed by atoms with Crippen LogP contribution in [0.15, 0.2) is 42.9 Å². The van der Waals surface area contributed by atoms with E-state index in [0.717, 1.165) is 18.4 Å². The second-order valence-corrected chi connectivity index (χ2v) is 5.73. The minimum Gasteiger partial charge on any atom is -0.398 e. The van der Waals surface area contributed by atoms with Gasteiger partial charge in [0.15, 0.2) is 0 Å². The van der Waals surface area contributed by atoms with Gasteiger partial charge in [-0.2, -0.15) is 10.2 Å². The molecule has 0 saturated heterocycles. The Balaban J connectivity index is 0.00000225. The number of nitrogen functional groups attached to an aromatic ring is 1. The van der Waals surface area contributed by atoms with Crippen LogP contribution in [0.3, 0.4) is 0 Å². The van der Waals surface area contributed by atoms with E-state index in [-0.39, 0.29) is 23.7 Å². The third-order valence-electron chi connectivity index (χ3n) is 3.82. The van der Waals surface area contributed by atoms with Gasteiger partial charge < -0.3 is 10.3 Å². The number of halogens is 3. The monoisotopic (exact) mass is 365 g/mol. The van der Waals surface area contributed by atoms with Crippen LogP contribution in [-0.4, -0.2) is 19.7 Å². The third-order valence-corrected chi connectivity index (χ3v) is 3.82.